The Morgan fingerprint density at radius 1 is 0.913 bits per heavy atom. The molecule has 108 valence electrons. The highest BCUT2D eigenvalue weighted by atomic mass is 16.3. The Hall–Kier alpha value is -3.63. The number of nitriles is 1. The average molecular weight is 298 g/mol. The van der Waals surface area contributed by atoms with E-state index in [1.54, 1.807) is 48.5 Å². The molecule has 0 spiro atoms. The summed E-state index contributed by atoms with van der Waals surface area (Å²) in [6, 6.07) is 19.7. The topological polar surface area (TPSA) is 58.4 Å². The maximum Gasteiger partial charge on any atom is 0.276 e. The van der Waals surface area contributed by atoms with Crippen molar-refractivity contribution in [2.45, 2.75) is 0 Å². The first-order chi connectivity index (χ1) is 11.3. The summed E-state index contributed by atoms with van der Waals surface area (Å²) in [4.78, 5) is 15.8. The Morgan fingerprint density at radius 3 is 1.91 bits per heavy atom. The monoisotopic (exact) mass is 298 g/mol. The van der Waals surface area contributed by atoms with E-state index < -0.39 is 5.43 Å². The van der Waals surface area contributed by atoms with E-state index in [9.17, 15) is 10.1 Å². The highest BCUT2D eigenvalue weighted by molar-refractivity contribution is 5.78. The normalized spacial score (nSPS) is 9.83. The van der Waals surface area contributed by atoms with Crippen LogP contribution in [-0.4, -0.2) is 0 Å². The molecule has 1 aromatic heterocycles. The summed E-state index contributed by atoms with van der Waals surface area (Å²) < 4.78 is 5.84. The minimum absolute atomic E-state index is 0.151. The van der Waals surface area contributed by atoms with Crippen LogP contribution in [0.15, 0.2) is 69.9 Å². The Bertz CT molecular complexity index is 913. The fourth-order valence-corrected chi connectivity index (χ4v) is 2.31. The number of hydrogen-bond acceptors (Lipinski definition) is 3. The fourth-order valence-electron chi connectivity index (χ4n) is 2.31. The zero-order chi connectivity index (χ0) is 16.2. The molecule has 3 rings (SSSR count). The first kappa shape index (κ1) is 14.3. The second-order valence-electron chi connectivity index (χ2n) is 4.77. The lowest BCUT2D eigenvalue weighted by Gasteiger charge is -2.09. The lowest BCUT2D eigenvalue weighted by molar-refractivity contribution is 0.581. The fraction of sp³-hybridized carbons (Fsp3) is 0. The van der Waals surface area contributed by atoms with Crippen molar-refractivity contribution in [3.8, 4) is 28.7 Å². The summed E-state index contributed by atoms with van der Waals surface area (Å²) in [6.07, 6.45) is 0. The van der Waals surface area contributed by atoms with Crippen molar-refractivity contribution in [2.24, 2.45) is 0 Å². The van der Waals surface area contributed by atoms with Gasteiger partial charge in [-0.25, -0.2) is 4.85 Å². The number of benzene rings is 2. The Labute approximate surface area is 132 Å². The lowest BCUT2D eigenvalue weighted by Crippen LogP contribution is -2.08. The number of rotatable bonds is 2. The standard InChI is InChI=1S/C19H10N2O2/c1-21-16-17(22)15(12-20)18(13-8-4-2-5-9-13)23-19(16)14-10-6-3-7-11-14/h2-11H. The van der Waals surface area contributed by atoms with Crippen LogP contribution >= 0.6 is 0 Å². The molecular weight excluding hydrogens is 288 g/mol. The second-order valence-corrected chi connectivity index (χ2v) is 4.77. The van der Waals surface area contributed by atoms with Crippen molar-refractivity contribution in [3.05, 3.63) is 87.9 Å². The molecule has 0 saturated carbocycles. The summed E-state index contributed by atoms with van der Waals surface area (Å²) in [5, 5.41) is 9.33. The van der Waals surface area contributed by atoms with Gasteiger partial charge in [-0.1, -0.05) is 60.7 Å². The molecule has 23 heavy (non-hydrogen) atoms. The molecule has 0 N–H and O–H groups in total. The SMILES string of the molecule is [C-]#[N+]c1c(-c2ccccc2)oc(-c2ccccc2)c(C#N)c1=O. The van der Waals surface area contributed by atoms with E-state index in [1.807, 2.05) is 18.2 Å². The molecule has 0 aliphatic carbocycles. The van der Waals surface area contributed by atoms with E-state index in [2.05, 4.69) is 4.85 Å². The molecule has 0 unspecified atom stereocenters. The summed E-state index contributed by atoms with van der Waals surface area (Å²) in [7, 11) is 0. The van der Waals surface area contributed by atoms with Crippen LogP contribution in [0.3, 0.4) is 0 Å². The van der Waals surface area contributed by atoms with Gasteiger partial charge in [-0.3, -0.25) is 0 Å². The van der Waals surface area contributed by atoms with Crippen LogP contribution in [0.2, 0.25) is 0 Å². The van der Waals surface area contributed by atoms with Crippen LogP contribution in [0.4, 0.5) is 5.69 Å². The lowest BCUT2D eigenvalue weighted by atomic mass is 10.0. The van der Waals surface area contributed by atoms with Gasteiger partial charge in [0.05, 0.1) is 6.57 Å². The van der Waals surface area contributed by atoms with Gasteiger partial charge in [0, 0.05) is 11.1 Å². The molecule has 0 radical (unpaired) electrons. The van der Waals surface area contributed by atoms with E-state index in [4.69, 9.17) is 11.0 Å². The predicted molar refractivity (Wildman–Crippen MR) is 86.8 cm³/mol. The van der Waals surface area contributed by atoms with E-state index in [0.29, 0.717) is 11.1 Å². The van der Waals surface area contributed by atoms with E-state index >= 15 is 0 Å². The van der Waals surface area contributed by atoms with Crippen LogP contribution in [0.25, 0.3) is 27.5 Å². The van der Waals surface area contributed by atoms with Gasteiger partial charge in [0.1, 0.15) is 17.4 Å². The molecule has 0 amide bonds. The largest absolute Gasteiger partial charge is 0.466 e. The van der Waals surface area contributed by atoms with Crippen LogP contribution in [-0.2, 0) is 0 Å². The van der Waals surface area contributed by atoms with Crippen molar-refractivity contribution >= 4 is 5.69 Å². The van der Waals surface area contributed by atoms with Crippen molar-refractivity contribution < 1.29 is 4.42 Å². The van der Waals surface area contributed by atoms with Gasteiger partial charge in [-0.15, -0.1) is 0 Å². The molecule has 0 atom stereocenters. The molecule has 4 nitrogen and oxygen atoms in total. The molecular formula is C19H10N2O2. The summed E-state index contributed by atoms with van der Waals surface area (Å²) in [5.41, 5.74) is 0.313. The van der Waals surface area contributed by atoms with Gasteiger partial charge in [0.2, 0.25) is 5.43 Å². The molecule has 4 heteroatoms. The predicted octanol–water partition coefficient (Wildman–Crippen LogP) is 4.40. The van der Waals surface area contributed by atoms with Crippen LogP contribution in [0.1, 0.15) is 5.56 Å². The highest BCUT2D eigenvalue weighted by Gasteiger charge is 2.21. The molecule has 0 saturated heterocycles. The molecule has 0 bridgehead atoms. The molecule has 2 aromatic carbocycles. The van der Waals surface area contributed by atoms with Crippen molar-refractivity contribution in [2.75, 3.05) is 0 Å². The zero-order valence-electron chi connectivity index (χ0n) is 12.0. The Morgan fingerprint density at radius 2 is 1.43 bits per heavy atom. The van der Waals surface area contributed by atoms with E-state index in [1.165, 1.54) is 0 Å². The third kappa shape index (κ3) is 2.50. The Balaban J connectivity index is 2.39. The molecule has 1 heterocycles. The van der Waals surface area contributed by atoms with Gasteiger partial charge in [0.25, 0.3) is 5.69 Å². The van der Waals surface area contributed by atoms with Crippen LogP contribution < -0.4 is 5.43 Å². The zero-order valence-corrected chi connectivity index (χ0v) is 12.0. The maximum absolute atomic E-state index is 12.5. The third-order valence-electron chi connectivity index (χ3n) is 3.38. The van der Waals surface area contributed by atoms with Gasteiger partial charge in [0.15, 0.2) is 5.76 Å². The molecule has 0 aliphatic rings. The van der Waals surface area contributed by atoms with Gasteiger partial charge in [-0.05, 0) is 0 Å². The first-order valence-corrected chi connectivity index (χ1v) is 6.85. The second kappa shape index (κ2) is 6.01. The molecule has 0 aliphatic heterocycles. The van der Waals surface area contributed by atoms with Gasteiger partial charge < -0.3 is 9.21 Å². The number of hydrogen-bond donors (Lipinski definition) is 0. The van der Waals surface area contributed by atoms with E-state index in [0.717, 1.165) is 0 Å². The highest BCUT2D eigenvalue weighted by Crippen LogP contribution is 2.33. The summed E-state index contributed by atoms with van der Waals surface area (Å²) in [5.74, 6) is 0.368. The molecule has 0 fully saturated rings. The third-order valence-corrected chi connectivity index (χ3v) is 3.38. The minimum Gasteiger partial charge on any atom is -0.466 e. The number of nitrogens with zero attached hydrogens (tertiary/aromatic N) is 2. The first-order valence-electron chi connectivity index (χ1n) is 6.85. The van der Waals surface area contributed by atoms with Crippen LogP contribution in [0.5, 0.6) is 0 Å². The maximum atomic E-state index is 12.5. The van der Waals surface area contributed by atoms with Gasteiger partial charge in [-0.2, -0.15) is 5.26 Å². The van der Waals surface area contributed by atoms with Crippen molar-refractivity contribution in [1.29, 1.82) is 5.26 Å². The van der Waals surface area contributed by atoms with Crippen molar-refractivity contribution in [3.63, 3.8) is 0 Å². The summed E-state index contributed by atoms with van der Waals surface area (Å²) in [6.45, 7) is 7.28. The van der Waals surface area contributed by atoms with Crippen LogP contribution in [0, 0.1) is 17.9 Å². The minimum atomic E-state index is -0.605. The van der Waals surface area contributed by atoms with E-state index in [-0.39, 0.29) is 22.8 Å². The van der Waals surface area contributed by atoms with Gasteiger partial charge >= 0.3 is 0 Å². The summed E-state index contributed by atoms with van der Waals surface area (Å²) >= 11 is 0. The Kier molecular flexibility index (Phi) is 3.74. The van der Waals surface area contributed by atoms with Crippen molar-refractivity contribution in [1.82, 2.24) is 0 Å². The molecule has 3 aromatic rings. The quantitative estimate of drug-likeness (QED) is 0.659. The smallest absolute Gasteiger partial charge is 0.276 e. The average Bonchev–Trinajstić information content (AvgIpc) is 2.62.